The van der Waals surface area contributed by atoms with Gasteiger partial charge in [-0.1, -0.05) is 223 Å². The van der Waals surface area contributed by atoms with Crippen LogP contribution in [-0.2, 0) is 28.6 Å². The fourth-order valence-electron chi connectivity index (χ4n) is 7.08. The Bertz CT molecular complexity index is 1040. The molecule has 0 unspecified atom stereocenters. The van der Waals surface area contributed by atoms with Gasteiger partial charge in [-0.05, 0) is 57.8 Å². The first kappa shape index (κ1) is 56.4. The highest BCUT2D eigenvalue weighted by molar-refractivity contribution is 5.71. The maximum atomic E-state index is 12.7. The minimum Gasteiger partial charge on any atom is -0.462 e. The van der Waals surface area contributed by atoms with Gasteiger partial charge in [-0.2, -0.15) is 0 Å². The van der Waals surface area contributed by atoms with Gasteiger partial charge in [-0.25, -0.2) is 0 Å². The van der Waals surface area contributed by atoms with Gasteiger partial charge in [-0.15, -0.1) is 0 Å². The Morgan fingerprint density at radius 3 is 1.03 bits per heavy atom. The first-order valence-electron chi connectivity index (χ1n) is 25.1. The summed E-state index contributed by atoms with van der Waals surface area (Å²) in [5, 5.41) is 0. The van der Waals surface area contributed by atoms with E-state index in [9.17, 15) is 14.4 Å². The first-order chi connectivity index (χ1) is 29.0. The van der Waals surface area contributed by atoms with Crippen LogP contribution in [0.15, 0.2) is 48.6 Å². The van der Waals surface area contributed by atoms with Crippen molar-refractivity contribution in [2.75, 3.05) is 13.2 Å². The molecule has 0 fully saturated rings. The van der Waals surface area contributed by atoms with E-state index in [2.05, 4.69) is 69.4 Å². The van der Waals surface area contributed by atoms with Crippen LogP contribution in [-0.4, -0.2) is 37.2 Å². The molecule has 0 amide bonds. The van der Waals surface area contributed by atoms with Gasteiger partial charge in [0.2, 0.25) is 0 Å². The SMILES string of the molecule is CC/C=C\C/C=C\C/C=C\C/C=C\CCCCC(=O)O[C@H](COC(=O)CCCCCCCCCCCC)COC(=O)CCCCCCCCCCCCCCCCCC. The summed E-state index contributed by atoms with van der Waals surface area (Å²) in [6.07, 6.45) is 56.7. The summed E-state index contributed by atoms with van der Waals surface area (Å²) in [4.78, 5) is 37.8. The molecule has 1 atom stereocenters. The van der Waals surface area contributed by atoms with E-state index in [4.69, 9.17) is 14.2 Å². The number of allylic oxidation sites excluding steroid dienone is 8. The molecule has 0 aromatic carbocycles. The Labute approximate surface area is 365 Å². The molecule has 0 aromatic rings. The van der Waals surface area contributed by atoms with Crippen molar-refractivity contribution in [1.29, 1.82) is 0 Å². The van der Waals surface area contributed by atoms with Crippen LogP contribution in [0.1, 0.15) is 252 Å². The molecule has 0 radical (unpaired) electrons. The molecular weight excluding hydrogens is 733 g/mol. The second kappa shape index (κ2) is 48.0. The molecule has 342 valence electrons. The largest absolute Gasteiger partial charge is 0.462 e. The lowest BCUT2D eigenvalue weighted by Crippen LogP contribution is -2.30. The molecule has 0 aliphatic heterocycles. The van der Waals surface area contributed by atoms with Gasteiger partial charge >= 0.3 is 17.9 Å². The molecule has 0 aliphatic rings. The molecule has 0 rings (SSSR count). The summed E-state index contributed by atoms with van der Waals surface area (Å²) in [6.45, 7) is 6.49. The molecule has 0 bridgehead atoms. The number of hydrogen-bond donors (Lipinski definition) is 0. The van der Waals surface area contributed by atoms with Gasteiger partial charge in [0.1, 0.15) is 13.2 Å². The number of carbonyl (C=O) groups excluding carboxylic acids is 3. The smallest absolute Gasteiger partial charge is 0.306 e. The van der Waals surface area contributed by atoms with Crippen molar-refractivity contribution >= 4 is 17.9 Å². The van der Waals surface area contributed by atoms with Gasteiger partial charge in [0.25, 0.3) is 0 Å². The quantitative estimate of drug-likeness (QED) is 0.0263. The zero-order valence-corrected chi connectivity index (χ0v) is 39.0. The second-order valence-electron chi connectivity index (χ2n) is 16.7. The van der Waals surface area contributed by atoms with Crippen LogP contribution >= 0.6 is 0 Å². The molecular formula is C53H94O6. The van der Waals surface area contributed by atoms with E-state index in [0.29, 0.717) is 19.3 Å². The second-order valence-corrected chi connectivity index (χ2v) is 16.7. The van der Waals surface area contributed by atoms with E-state index in [1.54, 1.807) is 0 Å². The molecule has 6 heteroatoms. The zero-order valence-electron chi connectivity index (χ0n) is 39.0. The predicted octanol–water partition coefficient (Wildman–Crippen LogP) is 16.3. The predicted molar refractivity (Wildman–Crippen MR) is 252 cm³/mol. The average molecular weight is 827 g/mol. The standard InChI is InChI=1S/C53H94O6/c1-4-7-10-13-16-19-22-24-26-28-29-31-34-37-40-43-46-52(55)58-49-50(48-57-51(54)45-42-39-36-33-21-18-15-12-9-6-3)59-53(56)47-44-41-38-35-32-30-27-25-23-20-17-14-11-8-5-2/h8,11,17,20,25,27,32,35,50H,4-7,9-10,12-16,18-19,21-24,26,28-31,33-34,36-49H2,1-3H3/b11-8-,20-17-,27-25-,35-32-/t50-/m1/s1. The third-order valence-electron chi connectivity index (χ3n) is 10.8. The van der Waals surface area contributed by atoms with Crippen molar-refractivity contribution in [3.63, 3.8) is 0 Å². The Balaban J connectivity index is 4.39. The van der Waals surface area contributed by atoms with Crippen molar-refractivity contribution in [3.05, 3.63) is 48.6 Å². The Hall–Kier alpha value is -2.63. The molecule has 6 nitrogen and oxygen atoms in total. The first-order valence-corrected chi connectivity index (χ1v) is 25.1. The summed E-state index contributed by atoms with van der Waals surface area (Å²) in [6, 6.07) is 0. The lowest BCUT2D eigenvalue weighted by Gasteiger charge is -2.18. The molecule has 0 aromatic heterocycles. The molecule has 0 saturated carbocycles. The summed E-state index contributed by atoms with van der Waals surface area (Å²) in [5.41, 5.74) is 0. The van der Waals surface area contributed by atoms with Crippen LogP contribution in [0.3, 0.4) is 0 Å². The fourth-order valence-corrected chi connectivity index (χ4v) is 7.08. The van der Waals surface area contributed by atoms with E-state index in [-0.39, 0.29) is 37.5 Å². The highest BCUT2D eigenvalue weighted by Gasteiger charge is 2.19. The van der Waals surface area contributed by atoms with Crippen LogP contribution in [0.4, 0.5) is 0 Å². The van der Waals surface area contributed by atoms with Crippen molar-refractivity contribution in [1.82, 2.24) is 0 Å². The van der Waals surface area contributed by atoms with E-state index in [0.717, 1.165) is 77.0 Å². The van der Waals surface area contributed by atoms with Crippen molar-refractivity contribution in [2.24, 2.45) is 0 Å². The minimum absolute atomic E-state index is 0.0864. The highest BCUT2D eigenvalue weighted by Crippen LogP contribution is 2.15. The third kappa shape index (κ3) is 46.3. The Morgan fingerprint density at radius 1 is 0.356 bits per heavy atom. The van der Waals surface area contributed by atoms with Crippen LogP contribution < -0.4 is 0 Å². The van der Waals surface area contributed by atoms with Crippen LogP contribution in [0.25, 0.3) is 0 Å². The summed E-state index contributed by atoms with van der Waals surface area (Å²) >= 11 is 0. The topological polar surface area (TPSA) is 78.9 Å². The van der Waals surface area contributed by atoms with Gasteiger partial charge in [0.05, 0.1) is 0 Å². The van der Waals surface area contributed by atoms with Gasteiger partial charge in [-0.3, -0.25) is 14.4 Å². The number of carbonyl (C=O) groups is 3. The van der Waals surface area contributed by atoms with E-state index < -0.39 is 6.10 Å². The zero-order chi connectivity index (χ0) is 43.0. The Kier molecular flexibility index (Phi) is 45.9. The summed E-state index contributed by atoms with van der Waals surface area (Å²) in [5.74, 6) is -0.922. The number of esters is 3. The van der Waals surface area contributed by atoms with Crippen LogP contribution in [0.5, 0.6) is 0 Å². The molecule has 0 N–H and O–H groups in total. The Morgan fingerprint density at radius 2 is 0.661 bits per heavy atom. The van der Waals surface area contributed by atoms with Crippen molar-refractivity contribution in [3.8, 4) is 0 Å². The third-order valence-corrected chi connectivity index (χ3v) is 10.8. The molecule has 0 spiro atoms. The van der Waals surface area contributed by atoms with Gasteiger partial charge < -0.3 is 14.2 Å². The monoisotopic (exact) mass is 827 g/mol. The molecule has 0 saturated heterocycles. The highest BCUT2D eigenvalue weighted by atomic mass is 16.6. The number of ether oxygens (including phenoxy) is 3. The molecule has 0 aliphatic carbocycles. The van der Waals surface area contributed by atoms with Crippen molar-refractivity contribution < 1.29 is 28.6 Å². The molecule has 0 heterocycles. The fraction of sp³-hybridized carbons (Fsp3) is 0.792. The van der Waals surface area contributed by atoms with E-state index in [1.807, 2.05) is 0 Å². The number of rotatable bonds is 45. The lowest BCUT2D eigenvalue weighted by molar-refractivity contribution is -0.167. The summed E-state index contributed by atoms with van der Waals surface area (Å²) in [7, 11) is 0. The van der Waals surface area contributed by atoms with E-state index >= 15 is 0 Å². The lowest BCUT2D eigenvalue weighted by atomic mass is 10.0. The number of hydrogen-bond acceptors (Lipinski definition) is 6. The van der Waals surface area contributed by atoms with Crippen LogP contribution in [0.2, 0.25) is 0 Å². The van der Waals surface area contributed by atoms with Crippen LogP contribution in [0, 0.1) is 0 Å². The van der Waals surface area contributed by atoms with Gasteiger partial charge in [0.15, 0.2) is 6.10 Å². The maximum absolute atomic E-state index is 12.7. The minimum atomic E-state index is -0.789. The average Bonchev–Trinajstić information content (AvgIpc) is 3.23. The normalized spacial score (nSPS) is 12.4. The van der Waals surface area contributed by atoms with Crippen molar-refractivity contribution in [2.45, 2.75) is 258 Å². The summed E-state index contributed by atoms with van der Waals surface area (Å²) < 4.78 is 16.7. The molecule has 59 heavy (non-hydrogen) atoms. The van der Waals surface area contributed by atoms with Gasteiger partial charge in [0, 0.05) is 19.3 Å². The maximum Gasteiger partial charge on any atom is 0.306 e. The van der Waals surface area contributed by atoms with E-state index in [1.165, 1.54) is 128 Å². The number of unbranched alkanes of at least 4 members (excludes halogenated alkanes) is 26.